The van der Waals surface area contributed by atoms with Gasteiger partial charge in [-0.3, -0.25) is 24.6 Å². The summed E-state index contributed by atoms with van der Waals surface area (Å²) in [6.45, 7) is 0. The van der Waals surface area contributed by atoms with E-state index in [-0.39, 0.29) is 17.0 Å². The van der Waals surface area contributed by atoms with Crippen molar-refractivity contribution in [2.75, 3.05) is 4.90 Å². The Morgan fingerprint density at radius 3 is 2.13 bits per heavy atom. The van der Waals surface area contributed by atoms with Crippen molar-refractivity contribution in [1.82, 2.24) is 0 Å². The van der Waals surface area contributed by atoms with Gasteiger partial charge < -0.3 is 5.11 Å². The highest BCUT2D eigenvalue weighted by Crippen LogP contribution is 2.42. The third-order valence-electron chi connectivity index (χ3n) is 5.02. The van der Waals surface area contributed by atoms with E-state index in [4.69, 9.17) is 11.6 Å². The number of benzene rings is 3. The maximum Gasteiger partial charge on any atom is 0.300 e. The molecule has 31 heavy (non-hydrogen) atoms. The summed E-state index contributed by atoms with van der Waals surface area (Å²) in [6, 6.07) is 19.3. The molecule has 3 aromatic rings. The fraction of sp³-hybridized carbons (Fsp3) is 0.0435. The second-order valence-corrected chi connectivity index (χ2v) is 7.30. The summed E-state index contributed by atoms with van der Waals surface area (Å²) >= 11 is 5.91. The largest absolute Gasteiger partial charge is 0.507 e. The lowest BCUT2D eigenvalue weighted by Gasteiger charge is -2.25. The molecule has 0 bridgehead atoms. The van der Waals surface area contributed by atoms with Gasteiger partial charge in [0.1, 0.15) is 5.76 Å². The Hall–Kier alpha value is -3.97. The van der Waals surface area contributed by atoms with Gasteiger partial charge in [0.2, 0.25) is 0 Å². The molecule has 0 aliphatic carbocycles. The highest BCUT2D eigenvalue weighted by atomic mass is 35.5. The fourth-order valence-electron chi connectivity index (χ4n) is 3.54. The number of nitrogens with zero attached hydrogens (tertiary/aromatic N) is 2. The van der Waals surface area contributed by atoms with Crippen LogP contribution in [0, 0.1) is 10.1 Å². The first-order valence-corrected chi connectivity index (χ1v) is 9.62. The highest BCUT2D eigenvalue weighted by molar-refractivity contribution is 6.51. The van der Waals surface area contributed by atoms with Crippen LogP contribution in [0.25, 0.3) is 5.76 Å². The number of non-ortho nitro benzene ring substituents is 1. The molecule has 0 saturated carbocycles. The van der Waals surface area contributed by atoms with Gasteiger partial charge in [0, 0.05) is 28.4 Å². The number of rotatable bonds is 4. The number of para-hydroxylation sites is 1. The summed E-state index contributed by atoms with van der Waals surface area (Å²) in [6.07, 6.45) is 0. The Morgan fingerprint density at radius 1 is 0.935 bits per heavy atom. The molecule has 0 aromatic heterocycles. The zero-order valence-electron chi connectivity index (χ0n) is 15.9. The fourth-order valence-corrected chi connectivity index (χ4v) is 3.67. The van der Waals surface area contributed by atoms with Crippen LogP contribution in [-0.2, 0) is 9.59 Å². The van der Waals surface area contributed by atoms with Crippen LogP contribution in [0.1, 0.15) is 17.2 Å². The van der Waals surface area contributed by atoms with Crippen molar-refractivity contribution in [1.29, 1.82) is 0 Å². The van der Waals surface area contributed by atoms with E-state index in [0.29, 0.717) is 21.8 Å². The molecule has 1 saturated heterocycles. The molecule has 1 amide bonds. The minimum absolute atomic E-state index is 0.106. The lowest BCUT2D eigenvalue weighted by atomic mass is 9.95. The molecule has 0 radical (unpaired) electrons. The van der Waals surface area contributed by atoms with Crippen molar-refractivity contribution < 1.29 is 19.6 Å². The summed E-state index contributed by atoms with van der Waals surface area (Å²) in [5, 5.41) is 22.5. The third kappa shape index (κ3) is 3.67. The van der Waals surface area contributed by atoms with E-state index in [2.05, 4.69) is 0 Å². The predicted octanol–water partition coefficient (Wildman–Crippen LogP) is 4.87. The standard InChI is InChI=1S/C23H15ClN2O5/c24-16-10-6-15(7-11-16)21(27)19-20(14-8-12-18(13-9-14)26(30)31)25(23(29)22(19)28)17-4-2-1-3-5-17/h1-13,20,27H/b21-19-. The molecule has 1 fully saturated rings. The summed E-state index contributed by atoms with van der Waals surface area (Å²) in [7, 11) is 0. The number of Topliss-reactive ketones (excluding diaryl/α,β-unsaturated/α-hetero) is 1. The first-order chi connectivity index (χ1) is 14.9. The minimum atomic E-state index is -0.959. The summed E-state index contributed by atoms with van der Waals surface area (Å²) < 4.78 is 0. The Balaban J connectivity index is 1.92. The van der Waals surface area contributed by atoms with Crippen molar-refractivity contribution in [3.05, 3.63) is 111 Å². The number of carbonyl (C=O) groups excluding carboxylic acids is 2. The molecule has 4 rings (SSSR count). The van der Waals surface area contributed by atoms with Crippen molar-refractivity contribution in [2.24, 2.45) is 0 Å². The number of hydrogen-bond acceptors (Lipinski definition) is 5. The van der Waals surface area contributed by atoms with Crippen LogP contribution in [0.5, 0.6) is 0 Å². The zero-order chi connectivity index (χ0) is 22.1. The lowest BCUT2D eigenvalue weighted by molar-refractivity contribution is -0.384. The molecule has 1 heterocycles. The van der Waals surface area contributed by atoms with Crippen molar-refractivity contribution in [3.63, 3.8) is 0 Å². The number of anilines is 1. The number of aliphatic hydroxyl groups is 1. The van der Waals surface area contributed by atoms with Crippen LogP contribution in [-0.4, -0.2) is 21.7 Å². The molecule has 1 atom stereocenters. The molecule has 1 N–H and O–H groups in total. The van der Waals surface area contributed by atoms with Gasteiger partial charge in [0.15, 0.2) is 0 Å². The number of aliphatic hydroxyl groups excluding tert-OH is 1. The Kier molecular flexibility index (Phi) is 5.27. The average Bonchev–Trinajstić information content (AvgIpc) is 3.05. The average molecular weight is 435 g/mol. The number of amides is 1. The van der Waals surface area contributed by atoms with E-state index in [1.165, 1.54) is 29.2 Å². The molecule has 1 aliphatic rings. The number of nitro benzene ring substituents is 1. The van der Waals surface area contributed by atoms with E-state index in [1.54, 1.807) is 54.6 Å². The SMILES string of the molecule is O=C1C(=O)N(c2ccccc2)C(c2ccc([N+](=O)[O-])cc2)/C1=C(/O)c1ccc(Cl)cc1. The maximum absolute atomic E-state index is 13.0. The predicted molar refractivity (Wildman–Crippen MR) is 116 cm³/mol. The van der Waals surface area contributed by atoms with Crippen LogP contribution in [0.3, 0.4) is 0 Å². The lowest BCUT2D eigenvalue weighted by Crippen LogP contribution is -2.29. The molecule has 1 unspecified atom stereocenters. The summed E-state index contributed by atoms with van der Waals surface area (Å²) in [4.78, 5) is 37.7. The second-order valence-electron chi connectivity index (χ2n) is 6.86. The third-order valence-corrected chi connectivity index (χ3v) is 5.27. The number of nitro groups is 1. The number of hydrogen-bond donors (Lipinski definition) is 1. The molecular weight excluding hydrogens is 420 g/mol. The van der Waals surface area contributed by atoms with E-state index < -0.39 is 22.7 Å². The van der Waals surface area contributed by atoms with E-state index >= 15 is 0 Å². The molecule has 0 spiro atoms. The monoisotopic (exact) mass is 434 g/mol. The molecule has 8 heteroatoms. The zero-order valence-corrected chi connectivity index (χ0v) is 16.7. The van der Waals surface area contributed by atoms with Crippen LogP contribution in [0.4, 0.5) is 11.4 Å². The number of halogens is 1. The molecular formula is C23H15ClN2O5. The summed E-state index contributed by atoms with van der Waals surface area (Å²) in [5.41, 5.74) is 0.998. The van der Waals surface area contributed by atoms with E-state index in [1.807, 2.05) is 0 Å². The van der Waals surface area contributed by atoms with Gasteiger partial charge in [0.25, 0.3) is 17.4 Å². The van der Waals surface area contributed by atoms with Gasteiger partial charge in [-0.1, -0.05) is 29.8 Å². The second kappa shape index (κ2) is 8.04. The van der Waals surface area contributed by atoms with Crippen LogP contribution in [0.2, 0.25) is 5.02 Å². The van der Waals surface area contributed by atoms with Gasteiger partial charge in [-0.15, -0.1) is 0 Å². The van der Waals surface area contributed by atoms with E-state index in [9.17, 15) is 24.8 Å². The van der Waals surface area contributed by atoms with Gasteiger partial charge in [-0.25, -0.2) is 0 Å². The molecule has 1 aliphatic heterocycles. The number of carbonyl (C=O) groups is 2. The van der Waals surface area contributed by atoms with Gasteiger partial charge in [0.05, 0.1) is 16.5 Å². The van der Waals surface area contributed by atoms with Crippen molar-refractivity contribution in [2.45, 2.75) is 6.04 Å². The molecule has 3 aromatic carbocycles. The Morgan fingerprint density at radius 2 is 1.55 bits per heavy atom. The normalized spacial score (nSPS) is 17.7. The van der Waals surface area contributed by atoms with E-state index in [0.717, 1.165) is 0 Å². The van der Waals surface area contributed by atoms with Gasteiger partial charge >= 0.3 is 0 Å². The van der Waals surface area contributed by atoms with Crippen molar-refractivity contribution in [3.8, 4) is 0 Å². The highest BCUT2D eigenvalue weighted by Gasteiger charge is 2.47. The minimum Gasteiger partial charge on any atom is -0.507 e. The summed E-state index contributed by atoms with van der Waals surface area (Å²) in [5.74, 6) is -2.00. The quantitative estimate of drug-likeness (QED) is 0.207. The topological polar surface area (TPSA) is 101 Å². The smallest absolute Gasteiger partial charge is 0.300 e. The maximum atomic E-state index is 13.0. The van der Waals surface area contributed by atoms with Crippen LogP contribution >= 0.6 is 11.6 Å². The Labute approximate surface area is 182 Å². The first kappa shape index (κ1) is 20.3. The van der Waals surface area contributed by atoms with Crippen LogP contribution < -0.4 is 4.90 Å². The number of ketones is 1. The molecule has 154 valence electrons. The van der Waals surface area contributed by atoms with Gasteiger partial charge in [-0.2, -0.15) is 0 Å². The Bertz CT molecular complexity index is 1200. The van der Waals surface area contributed by atoms with Crippen molar-refractivity contribution >= 4 is 40.4 Å². The van der Waals surface area contributed by atoms with Gasteiger partial charge in [-0.05, 0) is 54.1 Å². The molecule has 7 nitrogen and oxygen atoms in total. The first-order valence-electron chi connectivity index (χ1n) is 9.25. The van der Waals surface area contributed by atoms with Crippen LogP contribution in [0.15, 0.2) is 84.4 Å².